The van der Waals surface area contributed by atoms with E-state index in [2.05, 4.69) is 42.5 Å². The number of pyridine rings is 1. The van der Waals surface area contributed by atoms with Gasteiger partial charge in [-0.3, -0.25) is 0 Å². The molecule has 5 rings (SSSR count). The Balaban J connectivity index is 1.31. The summed E-state index contributed by atoms with van der Waals surface area (Å²) in [5.74, 6) is 1.58. The lowest BCUT2D eigenvalue weighted by Crippen LogP contribution is -2.49. The van der Waals surface area contributed by atoms with Gasteiger partial charge in [0.25, 0.3) is 0 Å². The number of hydrogen-bond donors (Lipinski definition) is 1. The van der Waals surface area contributed by atoms with Gasteiger partial charge in [0.15, 0.2) is 0 Å². The van der Waals surface area contributed by atoms with Crippen molar-refractivity contribution >= 4 is 6.09 Å². The lowest BCUT2D eigenvalue weighted by atomic mass is 9.91. The fourth-order valence-corrected chi connectivity index (χ4v) is 5.22. The Kier molecular flexibility index (Phi) is 6.60. The van der Waals surface area contributed by atoms with Crippen molar-refractivity contribution in [2.24, 2.45) is 5.92 Å². The molecule has 0 unspecified atom stereocenters. The van der Waals surface area contributed by atoms with Crippen LogP contribution in [0.5, 0.6) is 11.8 Å². The van der Waals surface area contributed by atoms with Crippen molar-refractivity contribution < 1.29 is 19.0 Å². The highest BCUT2D eigenvalue weighted by molar-refractivity contribution is 5.75. The molecule has 1 aliphatic carbocycles. The van der Waals surface area contributed by atoms with E-state index < -0.39 is 17.2 Å². The third kappa shape index (κ3) is 5.89. The van der Waals surface area contributed by atoms with Gasteiger partial charge in [-0.15, -0.1) is 0 Å². The van der Waals surface area contributed by atoms with E-state index in [0.717, 1.165) is 41.6 Å². The van der Waals surface area contributed by atoms with Crippen LogP contribution in [0.2, 0.25) is 0 Å². The van der Waals surface area contributed by atoms with Crippen LogP contribution in [-0.2, 0) is 11.3 Å². The highest BCUT2D eigenvalue weighted by atomic mass is 16.6. The maximum Gasteiger partial charge on any atom is 0.408 e. The van der Waals surface area contributed by atoms with E-state index in [1.54, 1.807) is 6.20 Å². The molecule has 8 nitrogen and oxygen atoms in total. The Bertz CT molecular complexity index is 1270. The van der Waals surface area contributed by atoms with Crippen LogP contribution >= 0.6 is 0 Å². The molecule has 1 N–H and O–H groups in total. The minimum atomic E-state index is -0.541. The average Bonchev–Trinajstić information content (AvgIpc) is 3.31. The number of nitrogens with one attached hydrogen (secondary N) is 1. The Morgan fingerprint density at radius 2 is 2.03 bits per heavy atom. The lowest BCUT2D eigenvalue weighted by Gasteiger charge is -2.33. The number of alkyl carbamates (subject to hydrolysis) is 1. The Morgan fingerprint density at radius 1 is 1.22 bits per heavy atom. The summed E-state index contributed by atoms with van der Waals surface area (Å²) in [7, 11) is 0. The van der Waals surface area contributed by atoms with Gasteiger partial charge >= 0.3 is 6.09 Å². The largest absolute Gasteiger partial charge is 0.474 e. The molecular formula is C29H36N4O4. The highest BCUT2D eigenvalue weighted by Gasteiger charge is 2.36. The normalized spacial score (nSPS) is 23.2. The fourth-order valence-electron chi connectivity index (χ4n) is 5.22. The molecule has 1 aromatic carbocycles. The van der Waals surface area contributed by atoms with Gasteiger partial charge in [0.2, 0.25) is 11.8 Å². The average molecular weight is 505 g/mol. The molecule has 2 aliphatic rings. The van der Waals surface area contributed by atoms with Crippen LogP contribution in [0.1, 0.15) is 65.9 Å². The van der Waals surface area contributed by atoms with Gasteiger partial charge in [0.1, 0.15) is 18.3 Å². The van der Waals surface area contributed by atoms with E-state index in [1.165, 1.54) is 0 Å². The van der Waals surface area contributed by atoms with E-state index in [1.807, 2.05) is 49.8 Å². The summed E-state index contributed by atoms with van der Waals surface area (Å²) in [4.78, 5) is 17.2. The molecule has 2 aromatic heterocycles. The van der Waals surface area contributed by atoms with Crippen molar-refractivity contribution in [3.8, 4) is 28.6 Å². The molecule has 3 aromatic rings. The number of carbonyl (C=O) groups excluding carboxylic acids is 1. The predicted molar refractivity (Wildman–Crippen MR) is 141 cm³/mol. The smallest absolute Gasteiger partial charge is 0.408 e. The van der Waals surface area contributed by atoms with Crippen LogP contribution in [0.15, 0.2) is 48.8 Å². The second-order valence-electron chi connectivity index (χ2n) is 11.6. The van der Waals surface area contributed by atoms with Gasteiger partial charge in [-0.2, -0.15) is 10.1 Å². The zero-order chi connectivity index (χ0) is 26.2. The molecule has 0 bridgehead atoms. The SMILES string of the molecule is C[C@H]1CC[C@](C)(NC(=O)OC(C)(C)C)C[C@H](Oc2ccc3c(n2)OCc2cc(-n4cccn4)ccc2-3)C1. The molecule has 1 amide bonds. The van der Waals surface area contributed by atoms with Gasteiger partial charge in [0.05, 0.1) is 5.69 Å². The topological polar surface area (TPSA) is 87.5 Å². The zero-order valence-electron chi connectivity index (χ0n) is 22.3. The van der Waals surface area contributed by atoms with E-state index in [0.29, 0.717) is 30.7 Å². The molecule has 1 fully saturated rings. The van der Waals surface area contributed by atoms with Crippen LogP contribution in [0.4, 0.5) is 4.79 Å². The van der Waals surface area contributed by atoms with Crippen molar-refractivity contribution in [2.75, 3.05) is 0 Å². The Labute approximate surface area is 218 Å². The summed E-state index contributed by atoms with van der Waals surface area (Å²) >= 11 is 0. The first-order valence-corrected chi connectivity index (χ1v) is 13.0. The van der Waals surface area contributed by atoms with Crippen molar-refractivity contribution in [3.63, 3.8) is 0 Å². The van der Waals surface area contributed by atoms with Gasteiger partial charge in [-0.1, -0.05) is 13.0 Å². The molecule has 3 heterocycles. The molecule has 1 saturated carbocycles. The second-order valence-corrected chi connectivity index (χ2v) is 11.6. The number of nitrogens with zero attached hydrogens (tertiary/aromatic N) is 3. The molecule has 8 heteroatoms. The lowest BCUT2D eigenvalue weighted by molar-refractivity contribution is 0.0427. The molecule has 196 valence electrons. The van der Waals surface area contributed by atoms with Crippen molar-refractivity contribution in [1.82, 2.24) is 20.1 Å². The summed E-state index contributed by atoms with van der Waals surface area (Å²) in [5.41, 5.74) is 3.18. The standard InChI is InChI=1S/C29H36N4O4/c1-19-11-12-29(5,32-27(34)37-28(2,3)4)17-22(15-19)36-25-10-9-24-23-8-7-21(33-14-6-13-30-33)16-20(23)18-35-26(24)31-25/h6-10,13-14,16,19,22H,11-12,15,17-18H2,1-5H3,(H,32,34)/t19-,22+,29-/m0/s1. The number of amides is 1. The first-order chi connectivity index (χ1) is 17.6. The number of fused-ring (bicyclic) bond motifs is 3. The summed E-state index contributed by atoms with van der Waals surface area (Å²) < 4.78 is 19.8. The van der Waals surface area contributed by atoms with Gasteiger partial charge in [-0.05, 0) is 88.3 Å². The number of ether oxygens (including phenoxy) is 3. The Morgan fingerprint density at radius 3 is 2.78 bits per heavy atom. The summed E-state index contributed by atoms with van der Waals surface area (Å²) in [6.45, 7) is 10.4. The highest BCUT2D eigenvalue weighted by Crippen LogP contribution is 2.39. The quantitative estimate of drug-likeness (QED) is 0.434. The monoisotopic (exact) mass is 504 g/mol. The van der Waals surface area contributed by atoms with Crippen LogP contribution in [0.3, 0.4) is 0 Å². The van der Waals surface area contributed by atoms with E-state index in [-0.39, 0.29) is 6.10 Å². The van der Waals surface area contributed by atoms with Crippen LogP contribution in [0.25, 0.3) is 16.8 Å². The van der Waals surface area contributed by atoms with Crippen LogP contribution < -0.4 is 14.8 Å². The molecule has 1 aliphatic heterocycles. The molecule has 37 heavy (non-hydrogen) atoms. The van der Waals surface area contributed by atoms with Gasteiger partial charge in [0, 0.05) is 36.0 Å². The summed E-state index contributed by atoms with van der Waals surface area (Å²) in [6.07, 6.45) is 6.65. The molecular weight excluding hydrogens is 468 g/mol. The van der Waals surface area contributed by atoms with Gasteiger partial charge < -0.3 is 19.5 Å². The van der Waals surface area contributed by atoms with Crippen LogP contribution in [-0.4, -0.2) is 38.1 Å². The first-order valence-electron chi connectivity index (χ1n) is 13.0. The third-order valence-corrected chi connectivity index (χ3v) is 6.97. The number of hydrogen-bond acceptors (Lipinski definition) is 6. The number of aromatic nitrogens is 3. The Hall–Kier alpha value is -3.55. The molecule has 0 radical (unpaired) electrons. The van der Waals surface area contributed by atoms with Crippen molar-refractivity contribution in [2.45, 2.75) is 84.2 Å². The van der Waals surface area contributed by atoms with E-state index in [9.17, 15) is 4.79 Å². The van der Waals surface area contributed by atoms with Crippen LogP contribution in [0, 0.1) is 5.92 Å². The number of rotatable bonds is 4. The minimum absolute atomic E-state index is 0.0875. The number of carbonyl (C=O) groups is 1. The van der Waals surface area contributed by atoms with E-state index >= 15 is 0 Å². The maximum atomic E-state index is 12.5. The predicted octanol–water partition coefficient (Wildman–Crippen LogP) is 6.07. The minimum Gasteiger partial charge on any atom is -0.474 e. The van der Waals surface area contributed by atoms with Crippen molar-refractivity contribution in [1.29, 1.82) is 0 Å². The summed E-state index contributed by atoms with van der Waals surface area (Å²) in [6, 6.07) is 12.1. The summed E-state index contributed by atoms with van der Waals surface area (Å²) in [5, 5.41) is 7.43. The first kappa shape index (κ1) is 25.1. The molecule has 0 saturated heterocycles. The number of benzene rings is 1. The molecule has 0 spiro atoms. The fraction of sp³-hybridized carbons (Fsp3) is 0.483. The third-order valence-electron chi connectivity index (χ3n) is 6.97. The second kappa shape index (κ2) is 9.72. The van der Waals surface area contributed by atoms with Crippen molar-refractivity contribution in [3.05, 3.63) is 54.4 Å². The zero-order valence-corrected chi connectivity index (χ0v) is 22.3. The maximum absolute atomic E-state index is 12.5. The van der Waals surface area contributed by atoms with E-state index in [4.69, 9.17) is 19.2 Å². The van der Waals surface area contributed by atoms with Gasteiger partial charge in [-0.25, -0.2) is 9.48 Å². The molecule has 3 atom stereocenters.